The highest BCUT2D eigenvalue weighted by molar-refractivity contribution is 5.92. The fraction of sp³-hybridized carbons (Fsp3) is 0.345. The van der Waals surface area contributed by atoms with E-state index in [4.69, 9.17) is 9.72 Å². The first kappa shape index (κ1) is 24.6. The summed E-state index contributed by atoms with van der Waals surface area (Å²) in [4.78, 5) is 30.7. The van der Waals surface area contributed by atoms with E-state index in [1.807, 2.05) is 61.7 Å². The molecule has 1 amide bonds. The molecule has 2 atom stereocenters. The van der Waals surface area contributed by atoms with Crippen LogP contribution in [0, 0.1) is 19.3 Å². The number of benzene rings is 2. The number of para-hydroxylation sites is 1. The molecule has 1 fully saturated rings. The standard InChI is InChI=1S/C29H32N4O4/c1-17-14-19(15-31(6)27(17)34)21-12-13-22-24(25(21)37-20-10-8-7-9-11-20)30-18(2)33(22)23-16-32(28(35)36)26(23)29(3,4)5/h7-15,23,26H,16H2,1-6H3,(H,35,36). The van der Waals surface area contributed by atoms with E-state index in [0.29, 0.717) is 29.1 Å². The van der Waals surface area contributed by atoms with E-state index in [-0.39, 0.29) is 23.1 Å². The summed E-state index contributed by atoms with van der Waals surface area (Å²) in [5.74, 6) is 2.08. The Labute approximate surface area is 215 Å². The molecule has 1 aliphatic heterocycles. The maximum absolute atomic E-state index is 12.4. The van der Waals surface area contributed by atoms with Gasteiger partial charge in [-0.1, -0.05) is 39.0 Å². The second-order valence-corrected chi connectivity index (χ2v) is 10.9. The van der Waals surface area contributed by atoms with E-state index in [9.17, 15) is 14.7 Å². The van der Waals surface area contributed by atoms with Gasteiger partial charge in [-0.3, -0.25) is 4.79 Å². The number of fused-ring (bicyclic) bond motifs is 1. The van der Waals surface area contributed by atoms with Crippen molar-refractivity contribution in [3.8, 4) is 22.6 Å². The van der Waals surface area contributed by atoms with E-state index >= 15 is 0 Å². The number of imidazole rings is 1. The van der Waals surface area contributed by atoms with Gasteiger partial charge < -0.3 is 23.9 Å². The summed E-state index contributed by atoms with van der Waals surface area (Å²) in [6.45, 7) is 10.4. The zero-order valence-corrected chi connectivity index (χ0v) is 22.0. The summed E-state index contributed by atoms with van der Waals surface area (Å²) in [5.41, 5.74) is 3.62. The molecule has 8 heteroatoms. The number of amides is 1. The summed E-state index contributed by atoms with van der Waals surface area (Å²) in [7, 11) is 1.74. The molecule has 1 N–H and O–H groups in total. The van der Waals surface area contributed by atoms with Crippen LogP contribution >= 0.6 is 0 Å². The van der Waals surface area contributed by atoms with Crippen LogP contribution in [0.25, 0.3) is 22.2 Å². The highest BCUT2D eigenvalue weighted by atomic mass is 16.5. The van der Waals surface area contributed by atoms with Crippen molar-refractivity contribution in [1.82, 2.24) is 19.0 Å². The van der Waals surface area contributed by atoms with Crippen LogP contribution < -0.4 is 10.3 Å². The lowest BCUT2D eigenvalue weighted by molar-refractivity contribution is -0.0267. The fourth-order valence-electron chi connectivity index (χ4n) is 5.58. The second kappa shape index (κ2) is 8.80. The number of likely N-dealkylation sites (tertiary alicyclic amines) is 1. The van der Waals surface area contributed by atoms with E-state index in [0.717, 1.165) is 22.5 Å². The molecule has 2 unspecified atom stereocenters. The van der Waals surface area contributed by atoms with Crippen LogP contribution in [0.15, 0.2) is 59.5 Å². The predicted octanol–water partition coefficient (Wildman–Crippen LogP) is 5.76. The zero-order valence-electron chi connectivity index (χ0n) is 22.0. The Balaban J connectivity index is 1.71. The largest absolute Gasteiger partial charge is 0.465 e. The van der Waals surface area contributed by atoms with Gasteiger partial charge in [0.2, 0.25) is 0 Å². The van der Waals surface area contributed by atoms with Gasteiger partial charge in [-0.25, -0.2) is 9.78 Å². The molecule has 5 rings (SSSR count). The number of aryl methyl sites for hydroxylation is 3. The number of nitrogens with zero attached hydrogens (tertiary/aromatic N) is 4. The van der Waals surface area contributed by atoms with Crippen molar-refractivity contribution in [2.24, 2.45) is 12.5 Å². The minimum absolute atomic E-state index is 0.0448. The third kappa shape index (κ3) is 4.16. The number of hydrogen-bond donors (Lipinski definition) is 1. The van der Waals surface area contributed by atoms with Crippen molar-refractivity contribution in [2.75, 3.05) is 6.54 Å². The number of rotatable bonds is 4. The molecule has 1 aliphatic rings. The molecule has 2 aromatic carbocycles. The molecule has 1 saturated heterocycles. The van der Waals surface area contributed by atoms with Gasteiger partial charge in [0.05, 0.1) is 17.6 Å². The Bertz CT molecular complexity index is 1540. The molecule has 4 aromatic rings. The van der Waals surface area contributed by atoms with Crippen molar-refractivity contribution >= 4 is 17.1 Å². The maximum Gasteiger partial charge on any atom is 0.407 e. The van der Waals surface area contributed by atoms with E-state index in [1.54, 1.807) is 18.5 Å². The topological polar surface area (TPSA) is 89.6 Å². The molecular weight excluding hydrogens is 468 g/mol. The quantitative estimate of drug-likeness (QED) is 0.385. The van der Waals surface area contributed by atoms with Crippen LogP contribution in [-0.4, -0.2) is 42.8 Å². The van der Waals surface area contributed by atoms with E-state index in [2.05, 4.69) is 25.3 Å². The third-order valence-electron chi connectivity index (χ3n) is 7.18. The van der Waals surface area contributed by atoms with E-state index in [1.165, 1.54) is 4.90 Å². The minimum atomic E-state index is -0.904. The van der Waals surface area contributed by atoms with Crippen LogP contribution in [0.5, 0.6) is 11.5 Å². The number of pyridine rings is 1. The van der Waals surface area contributed by atoms with Crippen molar-refractivity contribution in [3.63, 3.8) is 0 Å². The molecule has 3 heterocycles. The molecule has 192 valence electrons. The van der Waals surface area contributed by atoms with Gasteiger partial charge in [0.1, 0.15) is 17.1 Å². The highest BCUT2D eigenvalue weighted by Gasteiger charge is 2.50. The first-order chi connectivity index (χ1) is 17.5. The van der Waals surface area contributed by atoms with Crippen LogP contribution in [0.4, 0.5) is 4.79 Å². The van der Waals surface area contributed by atoms with Gasteiger partial charge in [0.25, 0.3) is 5.56 Å². The molecular formula is C29H32N4O4. The molecule has 2 aromatic heterocycles. The lowest BCUT2D eigenvalue weighted by atomic mass is 9.76. The van der Waals surface area contributed by atoms with Gasteiger partial charge in [0.15, 0.2) is 5.75 Å². The van der Waals surface area contributed by atoms with Crippen LogP contribution in [0.2, 0.25) is 0 Å². The molecule has 0 bridgehead atoms. The summed E-state index contributed by atoms with van der Waals surface area (Å²) in [6, 6.07) is 15.2. The Morgan fingerprint density at radius 2 is 1.81 bits per heavy atom. The van der Waals surface area contributed by atoms with Crippen LogP contribution in [0.1, 0.15) is 38.2 Å². The van der Waals surface area contributed by atoms with Gasteiger partial charge >= 0.3 is 6.09 Å². The number of carboxylic acid groups (broad SMARTS) is 1. The smallest absolute Gasteiger partial charge is 0.407 e. The molecule has 8 nitrogen and oxygen atoms in total. The predicted molar refractivity (Wildman–Crippen MR) is 143 cm³/mol. The lowest BCUT2D eigenvalue weighted by Gasteiger charge is -2.53. The maximum atomic E-state index is 12.4. The Morgan fingerprint density at radius 3 is 2.43 bits per heavy atom. The fourth-order valence-corrected chi connectivity index (χ4v) is 5.58. The normalized spacial score (nSPS) is 17.6. The summed E-state index contributed by atoms with van der Waals surface area (Å²) < 4.78 is 10.2. The average Bonchev–Trinajstić information content (AvgIpc) is 3.12. The van der Waals surface area contributed by atoms with Crippen molar-refractivity contribution in [1.29, 1.82) is 0 Å². The number of aromatic nitrogens is 3. The minimum Gasteiger partial charge on any atom is -0.465 e. The van der Waals surface area contributed by atoms with Crippen molar-refractivity contribution in [3.05, 3.63) is 76.5 Å². The van der Waals surface area contributed by atoms with Gasteiger partial charge in [-0.2, -0.15) is 0 Å². The zero-order chi connectivity index (χ0) is 26.6. The second-order valence-electron chi connectivity index (χ2n) is 10.9. The Hall–Kier alpha value is -4.07. The van der Waals surface area contributed by atoms with Gasteiger partial charge in [-0.05, 0) is 49.6 Å². The van der Waals surface area contributed by atoms with Crippen molar-refractivity contribution in [2.45, 2.75) is 46.7 Å². The molecule has 0 radical (unpaired) electrons. The van der Waals surface area contributed by atoms with Crippen molar-refractivity contribution < 1.29 is 14.6 Å². The SMILES string of the molecule is Cc1cc(-c2ccc3c(nc(C)n3C3CN(C(=O)O)C3C(C)(C)C)c2Oc2ccccc2)cn(C)c1=O. The van der Waals surface area contributed by atoms with Gasteiger partial charge in [0, 0.05) is 36.5 Å². The number of hydrogen-bond acceptors (Lipinski definition) is 4. The third-order valence-corrected chi connectivity index (χ3v) is 7.18. The Kier molecular flexibility index (Phi) is 5.85. The average molecular weight is 501 g/mol. The lowest BCUT2D eigenvalue weighted by Crippen LogP contribution is -2.63. The summed E-state index contributed by atoms with van der Waals surface area (Å²) >= 11 is 0. The van der Waals surface area contributed by atoms with E-state index < -0.39 is 6.09 Å². The molecule has 0 aliphatic carbocycles. The first-order valence-corrected chi connectivity index (χ1v) is 12.4. The Morgan fingerprint density at radius 1 is 1.11 bits per heavy atom. The monoisotopic (exact) mass is 500 g/mol. The van der Waals surface area contributed by atoms with Gasteiger partial charge in [-0.15, -0.1) is 0 Å². The number of carbonyl (C=O) groups is 1. The number of ether oxygens (including phenoxy) is 1. The first-order valence-electron chi connectivity index (χ1n) is 12.4. The summed E-state index contributed by atoms with van der Waals surface area (Å²) in [6.07, 6.45) is 0.906. The molecule has 0 saturated carbocycles. The molecule has 37 heavy (non-hydrogen) atoms. The summed E-state index contributed by atoms with van der Waals surface area (Å²) in [5, 5.41) is 9.76. The van der Waals surface area contributed by atoms with Crippen LogP contribution in [-0.2, 0) is 7.05 Å². The molecule has 0 spiro atoms. The van der Waals surface area contributed by atoms with Crippen LogP contribution in [0.3, 0.4) is 0 Å². The highest BCUT2D eigenvalue weighted by Crippen LogP contribution is 2.45.